The zero-order chi connectivity index (χ0) is 27.1. The molecule has 0 atom stereocenters. The van der Waals surface area contributed by atoms with Crippen LogP contribution < -0.4 is 10.1 Å². The topological polar surface area (TPSA) is 71.5 Å². The number of thiophene rings is 1. The number of carbonyl (C=O) groups is 2. The summed E-state index contributed by atoms with van der Waals surface area (Å²) in [5.74, 6) is 0.689. The van der Waals surface area contributed by atoms with Crippen molar-refractivity contribution in [2.45, 2.75) is 33.6 Å². The molecule has 0 spiro atoms. The Morgan fingerprint density at radius 1 is 1.03 bits per heavy atom. The minimum atomic E-state index is -0.356. The van der Waals surface area contributed by atoms with Gasteiger partial charge in [-0.25, -0.2) is 4.39 Å². The number of rotatable bonds is 12. The molecular formula is C30H32FN3O3S. The van der Waals surface area contributed by atoms with Gasteiger partial charge in [-0.2, -0.15) is 0 Å². The second-order valence-electron chi connectivity index (χ2n) is 9.15. The fraction of sp³-hybridized carbons (Fsp3) is 0.300. The maximum Gasteiger partial charge on any atom is 0.261 e. The highest BCUT2D eigenvalue weighted by molar-refractivity contribution is 7.21. The SMILES string of the molecule is CCN(CC)CCNC(=O)c1cc2nccc(Oc3ccc(CC(=O)Cc4cc(C)ccc4F)cc3)c2s1. The minimum absolute atomic E-state index is 0.0551. The van der Waals surface area contributed by atoms with Gasteiger partial charge in [0.1, 0.15) is 23.1 Å². The molecule has 0 fully saturated rings. The van der Waals surface area contributed by atoms with E-state index in [0.29, 0.717) is 34.0 Å². The number of Topliss-reactive ketones (excluding diaryl/α,β-unsaturated/α-hetero) is 1. The first-order valence-corrected chi connectivity index (χ1v) is 13.6. The number of nitrogens with one attached hydrogen (secondary N) is 1. The molecule has 0 aliphatic rings. The van der Waals surface area contributed by atoms with Crippen LogP contribution in [-0.4, -0.2) is 47.8 Å². The summed E-state index contributed by atoms with van der Waals surface area (Å²) in [6.07, 6.45) is 1.93. The molecule has 0 unspecified atom stereocenters. The number of fused-ring (bicyclic) bond motifs is 1. The van der Waals surface area contributed by atoms with E-state index < -0.39 is 0 Å². The molecule has 0 aliphatic heterocycles. The molecule has 4 rings (SSSR count). The van der Waals surface area contributed by atoms with Crippen molar-refractivity contribution in [1.82, 2.24) is 15.2 Å². The van der Waals surface area contributed by atoms with Crippen LogP contribution in [0.15, 0.2) is 60.8 Å². The van der Waals surface area contributed by atoms with Gasteiger partial charge in [0.25, 0.3) is 5.91 Å². The molecule has 0 saturated carbocycles. The van der Waals surface area contributed by atoms with E-state index in [4.69, 9.17) is 4.74 Å². The highest BCUT2D eigenvalue weighted by Gasteiger charge is 2.15. The van der Waals surface area contributed by atoms with Crippen LogP contribution in [0.25, 0.3) is 10.2 Å². The second kappa shape index (κ2) is 12.8. The molecule has 2 heterocycles. The van der Waals surface area contributed by atoms with Crippen molar-refractivity contribution in [3.8, 4) is 11.5 Å². The molecule has 0 bridgehead atoms. The van der Waals surface area contributed by atoms with Gasteiger partial charge in [-0.05, 0) is 55.4 Å². The van der Waals surface area contributed by atoms with E-state index in [2.05, 4.69) is 29.0 Å². The number of carbonyl (C=O) groups excluding carboxylic acids is 2. The molecule has 6 nitrogen and oxygen atoms in total. The van der Waals surface area contributed by atoms with Crippen LogP contribution in [0.3, 0.4) is 0 Å². The third kappa shape index (κ3) is 7.02. The quantitative estimate of drug-likeness (QED) is 0.243. The summed E-state index contributed by atoms with van der Waals surface area (Å²) in [7, 11) is 0. The molecule has 0 saturated heterocycles. The van der Waals surface area contributed by atoms with Crippen molar-refractivity contribution in [3.63, 3.8) is 0 Å². The highest BCUT2D eigenvalue weighted by atomic mass is 32.1. The average Bonchev–Trinajstić information content (AvgIpc) is 3.35. The van der Waals surface area contributed by atoms with Gasteiger partial charge in [0.05, 0.1) is 15.1 Å². The maximum atomic E-state index is 14.0. The Hall–Kier alpha value is -3.62. The molecule has 198 valence electrons. The zero-order valence-electron chi connectivity index (χ0n) is 21.9. The van der Waals surface area contributed by atoms with Crippen LogP contribution in [0.1, 0.15) is 40.2 Å². The fourth-order valence-electron chi connectivity index (χ4n) is 4.21. The summed E-state index contributed by atoms with van der Waals surface area (Å²) < 4.78 is 20.9. The smallest absolute Gasteiger partial charge is 0.261 e. The van der Waals surface area contributed by atoms with E-state index in [0.717, 1.165) is 35.5 Å². The minimum Gasteiger partial charge on any atom is -0.456 e. The third-order valence-electron chi connectivity index (χ3n) is 6.35. The van der Waals surface area contributed by atoms with E-state index in [9.17, 15) is 14.0 Å². The number of pyridine rings is 1. The number of benzene rings is 2. The summed E-state index contributed by atoms with van der Waals surface area (Å²) in [6.45, 7) is 9.37. The number of aromatic nitrogens is 1. The Morgan fingerprint density at radius 3 is 2.53 bits per heavy atom. The number of ether oxygens (including phenoxy) is 1. The molecule has 1 amide bonds. The summed E-state index contributed by atoms with van der Waals surface area (Å²) >= 11 is 1.35. The van der Waals surface area contributed by atoms with Crippen LogP contribution in [0.2, 0.25) is 0 Å². The summed E-state index contributed by atoms with van der Waals surface area (Å²) in [6, 6.07) is 15.6. The van der Waals surface area contributed by atoms with E-state index in [1.165, 1.54) is 17.4 Å². The first-order valence-electron chi connectivity index (χ1n) is 12.8. The maximum absolute atomic E-state index is 14.0. The number of ketones is 1. The lowest BCUT2D eigenvalue weighted by Crippen LogP contribution is -2.34. The van der Waals surface area contributed by atoms with Crippen molar-refractivity contribution in [2.24, 2.45) is 0 Å². The lowest BCUT2D eigenvalue weighted by Gasteiger charge is -2.17. The van der Waals surface area contributed by atoms with Crippen LogP contribution >= 0.6 is 11.3 Å². The number of nitrogens with zero attached hydrogens (tertiary/aromatic N) is 2. The summed E-state index contributed by atoms with van der Waals surface area (Å²) in [5.41, 5.74) is 2.88. The van der Waals surface area contributed by atoms with Gasteiger partial charge in [-0.3, -0.25) is 14.6 Å². The van der Waals surface area contributed by atoms with Crippen molar-refractivity contribution < 1.29 is 18.7 Å². The van der Waals surface area contributed by atoms with Crippen molar-refractivity contribution in [2.75, 3.05) is 26.2 Å². The largest absolute Gasteiger partial charge is 0.456 e. The van der Waals surface area contributed by atoms with Gasteiger partial charge in [0.15, 0.2) is 0 Å². The highest BCUT2D eigenvalue weighted by Crippen LogP contribution is 2.35. The van der Waals surface area contributed by atoms with Gasteiger partial charge in [-0.1, -0.05) is 43.7 Å². The zero-order valence-corrected chi connectivity index (χ0v) is 22.7. The van der Waals surface area contributed by atoms with E-state index >= 15 is 0 Å². The lowest BCUT2D eigenvalue weighted by atomic mass is 10.0. The molecule has 8 heteroatoms. The normalized spacial score (nSPS) is 11.2. The Labute approximate surface area is 226 Å². The van der Waals surface area contributed by atoms with Crippen molar-refractivity contribution >= 4 is 33.2 Å². The standard InChI is InChI=1S/C30H32FN3O3S/c1-4-34(5-2)15-14-33-30(36)28-19-26-29(38-28)27(12-13-32-26)37-24-9-7-21(8-10-24)17-23(35)18-22-16-20(3)6-11-25(22)31/h6-13,16,19H,4-5,14-15,17-18H2,1-3H3,(H,33,36). The molecular weight excluding hydrogens is 501 g/mol. The van der Waals surface area contributed by atoms with E-state index in [1.807, 2.05) is 19.1 Å². The van der Waals surface area contributed by atoms with E-state index in [1.54, 1.807) is 42.6 Å². The Balaban J connectivity index is 1.38. The van der Waals surface area contributed by atoms with Crippen LogP contribution in [0, 0.1) is 12.7 Å². The first-order chi connectivity index (χ1) is 18.4. The Bertz CT molecular complexity index is 1410. The van der Waals surface area contributed by atoms with Crippen molar-refractivity contribution in [1.29, 1.82) is 0 Å². The molecule has 1 N–H and O–H groups in total. The second-order valence-corrected chi connectivity index (χ2v) is 10.2. The Morgan fingerprint density at radius 2 is 1.79 bits per heavy atom. The molecule has 0 aliphatic carbocycles. The van der Waals surface area contributed by atoms with Crippen LogP contribution in [-0.2, 0) is 17.6 Å². The molecule has 2 aromatic carbocycles. The number of hydrogen-bond donors (Lipinski definition) is 1. The van der Waals surface area contributed by atoms with E-state index in [-0.39, 0.29) is 30.3 Å². The van der Waals surface area contributed by atoms with Gasteiger partial charge in [0.2, 0.25) is 0 Å². The number of halogens is 1. The Kier molecular flexibility index (Phi) is 9.20. The van der Waals surface area contributed by atoms with Gasteiger partial charge >= 0.3 is 0 Å². The van der Waals surface area contributed by atoms with Gasteiger partial charge in [0, 0.05) is 38.2 Å². The molecule has 4 aromatic rings. The average molecular weight is 534 g/mol. The number of hydrogen-bond acceptors (Lipinski definition) is 6. The summed E-state index contributed by atoms with van der Waals surface area (Å²) in [5, 5.41) is 2.98. The number of aryl methyl sites for hydroxylation is 1. The predicted octanol–water partition coefficient (Wildman–Crippen LogP) is 5.96. The van der Waals surface area contributed by atoms with Crippen LogP contribution in [0.4, 0.5) is 4.39 Å². The fourth-order valence-corrected chi connectivity index (χ4v) is 5.19. The van der Waals surface area contributed by atoms with Gasteiger partial charge in [-0.15, -0.1) is 11.3 Å². The van der Waals surface area contributed by atoms with Crippen molar-refractivity contribution in [3.05, 3.63) is 88.2 Å². The van der Waals surface area contributed by atoms with Gasteiger partial charge < -0.3 is 15.0 Å². The first kappa shape index (κ1) is 27.4. The molecule has 0 radical (unpaired) electrons. The number of amides is 1. The third-order valence-corrected chi connectivity index (χ3v) is 7.49. The molecule has 2 aromatic heterocycles. The van der Waals surface area contributed by atoms with Crippen LogP contribution in [0.5, 0.6) is 11.5 Å². The summed E-state index contributed by atoms with van der Waals surface area (Å²) in [4.78, 5) is 32.4. The number of likely N-dealkylation sites (N-methyl/N-ethyl adjacent to an activating group) is 1. The monoisotopic (exact) mass is 533 g/mol. The predicted molar refractivity (Wildman–Crippen MR) is 150 cm³/mol. The molecule has 38 heavy (non-hydrogen) atoms. The lowest BCUT2D eigenvalue weighted by molar-refractivity contribution is -0.117.